The van der Waals surface area contributed by atoms with Crippen LogP contribution in [-0.2, 0) is 9.84 Å². The molecular formula is C13H19FN2O2S. The number of hydrogen-bond donors (Lipinski definition) is 1. The summed E-state index contributed by atoms with van der Waals surface area (Å²) in [5.41, 5.74) is 6.48. The van der Waals surface area contributed by atoms with Crippen LogP contribution in [0.4, 0.5) is 4.39 Å². The van der Waals surface area contributed by atoms with E-state index in [1.54, 1.807) is 6.07 Å². The molecule has 0 bridgehead atoms. The Morgan fingerprint density at radius 3 is 2.63 bits per heavy atom. The molecule has 19 heavy (non-hydrogen) atoms. The van der Waals surface area contributed by atoms with E-state index >= 15 is 0 Å². The molecule has 1 aliphatic heterocycles. The van der Waals surface area contributed by atoms with E-state index in [2.05, 4.69) is 4.90 Å². The summed E-state index contributed by atoms with van der Waals surface area (Å²) in [6, 6.07) is 4.48. The molecule has 0 aliphatic carbocycles. The molecular weight excluding hydrogens is 267 g/mol. The lowest BCUT2D eigenvalue weighted by molar-refractivity contribution is 0.313. The van der Waals surface area contributed by atoms with Crippen molar-refractivity contribution in [2.45, 2.75) is 17.4 Å². The quantitative estimate of drug-likeness (QED) is 0.906. The van der Waals surface area contributed by atoms with Crippen molar-refractivity contribution in [3.8, 4) is 0 Å². The van der Waals surface area contributed by atoms with Crippen molar-refractivity contribution in [2.24, 2.45) is 11.7 Å². The average Bonchev–Trinajstić information content (AvgIpc) is 2.68. The Balaban J connectivity index is 2.31. The van der Waals surface area contributed by atoms with Crippen molar-refractivity contribution in [1.29, 1.82) is 0 Å². The smallest absolute Gasteiger partial charge is 0.178 e. The molecule has 2 unspecified atom stereocenters. The van der Waals surface area contributed by atoms with Crippen molar-refractivity contribution < 1.29 is 12.8 Å². The largest absolute Gasteiger partial charge is 0.330 e. The summed E-state index contributed by atoms with van der Waals surface area (Å²) in [5, 5.41) is 0. The van der Waals surface area contributed by atoms with Crippen LogP contribution < -0.4 is 5.73 Å². The van der Waals surface area contributed by atoms with Crippen LogP contribution in [0, 0.1) is 11.7 Å². The number of rotatable bonds is 3. The summed E-state index contributed by atoms with van der Waals surface area (Å²) in [6.45, 7) is 1.50. The Morgan fingerprint density at radius 2 is 2.16 bits per heavy atom. The van der Waals surface area contributed by atoms with Crippen LogP contribution in [0.5, 0.6) is 0 Å². The number of benzene rings is 1. The predicted molar refractivity (Wildman–Crippen MR) is 72.0 cm³/mol. The first-order valence-electron chi connectivity index (χ1n) is 6.22. The molecule has 2 atom stereocenters. The number of hydrogen-bond acceptors (Lipinski definition) is 4. The van der Waals surface area contributed by atoms with E-state index < -0.39 is 15.7 Å². The van der Waals surface area contributed by atoms with E-state index in [9.17, 15) is 12.8 Å². The SMILES string of the molecule is CN1CC(CN)CC1c1ccc(S(C)(=O)=O)c(F)c1. The fourth-order valence-corrected chi connectivity index (χ4v) is 3.42. The number of nitrogens with two attached hydrogens (primary N) is 1. The lowest BCUT2D eigenvalue weighted by Crippen LogP contribution is -2.20. The second-order valence-corrected chi connectivity index (χ2v) is 7.24. The van der Waals surface area contributed by atoms with Gasteiger partial charge in [-0.05, 0) is 43.6 Å². The minimum Gasteiger partial charge on any atom is -0.330 e. The zero-order valence-corrected chi connectivity index (χ0v) is 12.0. The molecule has 0 amide bonds. The summed E-state index contributed by atoms with van der Waals surface area (Å²) in [5.74, 6) is -0.266. The summed E-state index contributed by atoms with van der Waals surface area (Å²) in [6.07, 6.45) is 1.89. The van der Waals surface area contributed by atoms with Gasteiger partial charge in [-0.1, -0.05) is 6.07 Å². The van der Waals surface area contributed by atoms with E-state index in [1.807, 2.05) is 7.05 Å². The molecule has 0 saturated carbocycles. The van der Waals surface area contributed by atoms with Gasteiger partial charge in [-0.2, -0.15) is 0 Å². The molecule has 106 valence electrons. The first-order chi connectivity index (χ1) is 8.82. The zero-order valence-electron chi connectivity index (χ0n) is 11.1. The van der Waals surface area contributed by atoms with Crippen molar-refractivity contribution >= 4 is 9.84 Å². The zero-order chi connectivity index (χ0) is 14.2. The van der Waals surface area contributed by atoms with Gasteiger partial charge in [0, 0.05) is 18.8 Å². The van der Waals surface area contributed by atoms with Crippen LogP contribution in [0.2, 0.25) is 0 Å². The topological polar surface area (TPSA) is 63.4 Å². The minimum absolute atomic E-state index is 0.108. The Kier molecular flexibility index (Phi) is 3.94. The highest BCUT2D eigenvalue weighted by Crippen LogP contribution is 2.34. The van der Waals surface area contributed by atoms with Crippen LogP contribution in [0.25, 0.3) is 0 Å². The summed E-state index contributed by atoms with van der Waals surface area (Å²) >= 11 is 0. The van der Waals surface area contributed by atoms with Gasteiger partial charge >= 0.3 is 0 Å². The molecule has 1 saturated heterocycles. The van der Waals surface area contributed by atoms with Crippen LogP contribution >= 0.6 is 0 Å². The monoisotopic (exact) mass is 286 g/mol. The molecule has 0 spiro atoms. The molecule has 4 nitrogen and oxygen atoms in total. The molecule has 1 aromatic rings. The Morgan fingerprint density at radius 1 is 1.47 bits per heavy atom. The van der Waals surface area contributed by atoms with Crippen LogP contribution in [-0.4, -0.2) is 39.7 Å². The molecule has 1 aliphatic rings. The fourth-order valence-electron chi connectivity index (χ4n) is 2.69. The molecule has 1 aromatic carbocycles. The highest BCUT2D eigenvalue weighted by molar-refractivity contribution is 7.90. The van der Waals surface area contributed by atoms with E-state index in [4.69, 9.17) is 5.73 Å². The van der Waals surface area contributed by atoms with Crippen molar-refractivity contribution in [3.63, 3.8) is 0 Å². The van der Waals surface area contributed by atoms with Gasteiger partial charge in [0.25, 0.3) is 0 Å². The first kappa shape index (κ1) is 14.4. The Bertz CT molecular complexity index is 574. The molecule has 2 rings (SSSR count). The third-order valence-electron chi connectivity index (χ3n) is 3.71. The molecule has 6 heteroatoms. The van der Waals surface area contributed by atoms with Crippen LogP contribution in [0.1, 0.15) is 18.0 Å². The number of likely N-dealkylation sites (tertiary alicyclic amines) is 1. The third kappa shape index (κ3) is 2.96. The maximum Gasteiger partial charge on any atom is 0.178 e. The molecule has 1 fully saturated rings. The highest BCUT2D eigenvalue weighted by Gasteiger charge is 2.30. The average molecular weight is 286 g/mol. The maximum atomic E-state index is 13.9. The van der Waals surface area contributed by atoms with Gasteiger partial charge in [0.1, 0.15) is 10.7 Å². The summed E-state index contributed by atoms with van der Waals surface area (Å²) < 4.78 is 36.6. The fraction of sp³-hybridized carbons (Fsp3) is 0.538. The molecule has 0 radical (unpaired) electrons. The van der Waals surface area contributed by atoms with Crippen molar-refractivity contribution in [1.82, 2.24) is 4.90 Å². The van der Waals surface area contributed by atoms with E-state index in [0.29, 0.717) is 12.5 Å². The summed E-state index contributed by atoms with van der Waals surface area (Å²) in [4.78, 5) is 1.89. The van der Waals surface area contributed by atoms with E-state index in [-0.39, 0.29) is 10.9 Å². The van der Waals surface area contributed by atoms with Crippen LogP contribution in [0.15, 0.2) is 23.1 Å². The number of sulfone groups is 1. The second kappa shape index (κ2) is 5.19. The number of nitrogens with zero attached hydrogens (tertiary/aromatic N) is 1. The lowest BCUT2D eigenvalue weighted by atomic mass is 10.00. The Labute approximate surface area is 113 Å². The van der Waals surface area contributed by atoms with Gasteiger partial charge in [-0.3, -0.25) is 4.90 Å². The van der Waals surface area contributed by atoms with Gasteiger partial charge in [-0.25, -0.2) is 12.8 Å². The van der Waals surface area contributed by atoms with Gasteiger partial charge in [0.05, 0.1) is 0 Å². The molecule has 2 N–H and O–H groups in total. The van der Waals surface area contributed by atoms with Gasteiger partial charge < -0.3 is 5.73 Å². The van der Waals surface area contributed by atoms with Gasteiger partial charge in [0.15, 0.2) is 9.84 Å². The van der Waals surface area contributed by atoms with Gasteiger partial charge in [0.2, 0.25) is 0 Å². The van der Waals surface area contributed by atoms with Gasteiger partial charge in [-0.15, -0.1) is 0 Å². The lowest BCUT2D eigenvalue weighted by Gasteiger charge is -2.20. The third-order valence-corrected chi connectivity index (χ3v) is 4.84. The highest BCUT2D eigenvalue weighted by atomic mass is 32.2. The molecule has 1 heterocycles. The minimum atomic E-state index is -3.51. The second-order valence-electron chi connectivity index (χ2n) is 5.25. The predicted octanol–water partition coefficient (Wildman–Crippen LogP) is 1.18. The van der Waals surface area contributed by atoms with Crippen molar-refractivity contribution in [3.05, 3.63) is 29.6 Å². The maximum absolute atomic E-state index is 13.9. The normalized spacial score (nSPS) is 24.8. The van der Waals surface area contributed by atoms with Crippen molar-refractivity contribution in [2.75, 3.05) is 26.4 Å². The van der Waals surface area contributed by atoms with Crippen LogP contribution in [0.3, 0.4) is 0 Å². The van der Waals surface area contributed by atoms with E-state index in [1.165, 1.54) is 12.1 Å². The Hall–Kier alpha value is -0.980. The standard InChI is InChI=1S/C13H19FN2O2S/c1-16-8-9(7-15)5-12(16)10-3-4-13(11(14)6-10)19(2,17)18/h3-4,6,9,12H,5,7-8,15H2,1-2H3. The number of halogens is 1. The first-order valence-corrected chi connectivity index (χ1v) is 8.12. The van der Waals surface area contributed by atoms with E-state index in [0.717, 1.165) is 24.8 Å². The molecule has 0 aromatic heterocycles. The summed E-state index contributed by atoms with van der Waals surface area (Å²) in [7, 11) is -1.54.